The van der Waals surface area contributed by atoms with E-state index in [9.17, 15) is 15.0 Å². The maximum absolute atomic E-state index is 10.8. The molecule has 0 aromatic carbocycles. The van der Waals surface area contributed by atoms with Crippen molar-refractivity contribution in [1.82, 2.24) is 0 Å². The molecule has 1 aliphatic heterocycles. The molecule has 4 heteroatoms. The smallest absolute Gasteiger partial charge is 0.188 e. The molecular formula is C11H16O4. The van der Waals surface area contributed by atoms with Crippen LogP contribution in [-0.2, 0) is 9.53 Å². The van der Waals surface area contributed by atoms with Crippen LogP contribution in [0.4, 0.5) is 0 Å². The second-order valence-corrected chi connectivity index (χ2v) is 3.80. The highest BCUT2D eigenvalue weighted by Crippen LogP contribution is 2.23. The van der Waals surface area contributed by atoms with Crippen LogP contribution in [-0.4, -0.2) is 34.5 Å². The minimum atomic E-state index is -1.54. The average molecular weight is 212 g/mol. The van der Waals surface area contributed by atoms with E-state index in [2.05, 4.69) is 6.58 Å². The number of ether oxygens (including phenoxy) is 1. The first-order valence-corrected chi connectivity index (χ1v) is 4.86. The number of ketones is 1. The van der Waals surface area contributed by atoms with Crippen molar-refractivity contribution in [3.05, 3.63) is 24.8 Å². The molecule has 0 saturated heterocycles. The Kier molecular flexibility index (Phi) is 3.79. The Bertz CT molecular complexity index is 284. The number of carbonyl (C=O) groups excluding carboxylic acids is 1. The molecule has 0 saturated carbocycles. The molecule has 3 atom stereocenters. The van der Waals surface area contributed by atoms with E-state index in [0.717, 1.165) is 0 Å². The Labute approximate surface area is 88.9 Å². The molecule has 0 aliphatic carbocycles. The quantitative estimate of drug-likeness (QED) is 0.662. The van der Waals surface area contributed by atoms with Gasteiger partial charge >= 0.3 is 0 Å². The van der Waals surface area contributed by atoms with Crippen LogP contribution in [0.15, 0.2) is 24.8 Å². The van der Waals surface area contributed by atoms with Gasteiger partial charge < -0.3 is 14.9 Å². The molecule has 0 amide bonds. The summed E-state index contributed by atoms with van der Waals surface area (Å²) in [6.45, 7) is 5.19. The molecule has 1 heterocycles. The number of hydrogen-bond acceptors (Lipinski definition) is 4. The van der Waals surface area contributed by atoms with Gasteiger partial charge in [0.1, 0.15) is 6.61 Å². The fourth-order valence-electron chi connectivity index (χ4n) is 1.29. The Morgan fingerprint density at radius 3 is 2.93 bits per heavy atom. The monoisotopic (exact) mass is 212 g/mol. The van der Waals surface area contributed by atoms with Crippen molar-refractivity contribution in [2.45, 2.75) is 25.2 Å². The molecule has 15 heavy (non-hydrogen) atoms. The van der Waals surface area contributed by atoms with Crippen molar-refractivity contribution in [3.63, 3.8) is 0 Å². The summed E-state index contributed by atoms with van der Waals surface area (Å²) in [4.78, 5) is 10.8. The molecule has 0 aromatic rings. The lowest BCUT2D eigenvalue weighted by molar-refractivity contribution is -0.192. The van der Waals surface area contributed by atoms with Crippen molar-refractivity contribution in [3.8, 4) is 0 Å². The van der Waals surface area contributed by atoms with Gasteiger partial charge in [0, 0.05) is 6.42 Å². The molecule has 1 rings (SSSR count). The third kappa shape index (κ3) is 3.27. The van der Waals surface area contributed by atoms with E-state index in [1.165, 1.54) is 12.2 Å². The van der Waals surface area contributed by atoms with Crippen molar-refractivity contribution in [2.75, 3.05) is 6.61 Å². The summed E-state index contributed by atoms with van der Waals surface area (Å²) in [6.07, 6.45) is 3.44. The highest BCUT2D eigenvalue weighted by Gasteiger charge is 2.32. The van der Waals surface area contributed by atoms with Gasteiger partial charge in [-0.15, -0.1) is 6.58 Å². The summed E-state index contributed by atoms with van der Waals surface area (Å²) >= 11 is 0. The molecule has 0 aromatic heterocycles. The molecule has 84 valence electrons. The van der Waals surface area contributed by atoms with Crippen LogP contribution in [0.25, 0.3) is 0 Å². The molecule has 0 bridgehead atoms. The molecule has 4 nitrogen and oxygen atoms in total. The third-order valence-electron chi connectivity index (χ3n) is 2.47. The van der Waals surface area contributed by atoms with Gasteiger partial charge in [-0.3, -0.25) is 4.79 Å². The summed E-state index contributed by atoms with van der Waals surface area (Å²) in [7, 11) is 0. The van der Waals surface area contributed by atoms with Crippen LogP contribution < -0.4 is 0 Å². The van der Waals surface area contributed by atoms with E-state index in [0.29, 0.717) is 0 Å². The number of carbonyl (C=O) groups is 1. The Morgan fingerprint density at radius 1 is 1.80 bits per heavy atom. The zero-order chi connectivity index (χ0) is 11.5. The lowest BCUT2D eigenvalue weighted by Gasteiger charge is -2.30. The maximum atomic E-state index is 10.8. The highest BCUT2D eigenvalue weighted by atomic mass is 16.6. The minimum absolute atomic E-state index is 0.0317. The Hall–Kier alpha value is -0.970. The zero-order valence-electron chi connectivity index (χ0n) is 8.72. The fourth-order valence-corrected chi connectivity index (χ4v) is 1.29. The Morgan fingerprint density at radius 2 is 2.47 bits per heavy atom. The lowest BCUT2D eigenvalue weighted by Crippen LogP contribution is -2.40. The predicted molar refractivity (Wildman–Crippen MR) is 55.0 cm³/mol. The van der Waals surface area contributed by atoms with E-state index < -0.39 is 11.9 Å². The third-order valence-corrected chi connectivity index (χ3v) is 2.47. The summed E-state index contributed by atoms with van der Waals surface area (Å²) in [5, 5.41) is 19.5. The van der Waals surface area contributed by atoms with Gasteiger partial charge in [0.15, 0.2) is 11.6 Å². The lowest BCUT2D eigenvalue weighted by atomic mass is 9.96. The van der Waals surface area contributed by atoms with Gasteiger partial charge in [-0.05, 0) is 18.1 Å². The van der Waals surface area contributed by atoms with Gasteiger partial charge in [0.05, 0.1) is 6.10 Å². The molecule has 2 N–H and O–H groups in total. The second kappa shape index (κ2) is 4.70. The summed E-state index contributed by atoms with van der Waals surface area (Å²) in [6, 6.07) is 0. The predicted octanol–water partition coefficient (Wildman–Crippen LogP) is 0.404. The van der Waals surface area contributed by atoms with Crippen molar-refractivity contribution in [1.29, 1.82) is 0 Å². The SMILES string of the molecule is C=C[C@H](C)[C@@H](O)C[C@@]1(O)C=CC(=O)CO1. The molecule has 0 unspecified atom stereocenters. The standard InChI is InChI=1S/C11H16O4/c1-3-8(2)10(13)6-11(14)5-4-9(12)7-15-11/h3-5,8,10,13-14H,1,6-7H2,2H3/t8-,10-,11+/m0/s1. The zero-order valence-corrected chi connectivity index (χ0v) is 8.72. The minimum Gasteiger partial charge on any atom is -0.392 e. The highest BCUT2D eigenvalue weighted by molar-refractivity contribution is 5.91. The van der Waals surface area contributed by atoms with Gasteiger partial charge in [0.25, 0.3) is 0 Å². The van der Waals surface area contributed by atoms with Crippen LogP contribution in [0.1, 0.15) is 13.3 Å². The van der Waals surface area contributed by atoms with Gasteiger partial charge in [-0.1, -0.05) is 13.0 Å². The van der Waals surface area contributed by atoms with Gasteiger partial charge in [-0.25, -0.2) is 0 Å². The Balaban J connectivity index is 2.60. The molecule has 0 spiro atoms. The number of rotatable bonds is 4. The number of hydrogen-bond donors (Lipinski definition) is 2. The van der Waals surface area contributed by atoms with Crippen LogP contribution in [0.5, 0.6) is 0 Å². The average Bonchev–Trinajstić information content (AvgIpc) is 2.21. The van der Waals surface area contributed by atoms with E-state index >= 15 is 0 Å². The summed E-state index contributed by atoms with van der Waals surface area (Å²) < 4.78 is 4.97. The topological polar surface area (TPSA) is 66.8 Å². The van der Waals surface area contributed by atoms with Crippen LogP contribution in [0, 0.1) is 5.92 Å². The first-order valence-electron chi connectivity index (χ1n) is 4.86. The normalized spacial score (nSPS) is 29.9. The van der Waals surface area contributed by atoms with E-state index in [4.69, 9.17) is 4.74 Å². The number of aliphatic hydroxyl groups is 2. The van der Waals surface area contributed by atoms with E-state index in [1.807, 2.05) is 0 Å². The largest absolute Gasteiger partial charge is 0.392 e. The van der Waals surface area contributed by atoms with Crippen LogP contribution in [0.2, 0.25) is 0 Å². The maximum Gasteiger partial charge on any atom is 0.188 e. The van der Waals surface area contributed by atoms with E-state index in [-0.39, 0.29) is 24.7 Å². The van der Waals surface area contributed by atoms with E-state index in [1.54, 1.807) is 13.0 Å². The molecular weight excluding hydrogens is 196 g/mol. The molecule has 0 radical (unpaired) electrons. The molecule has 1 aliphatic rings. The van der Waals surface area contributed by atoms with Gasteiger partial charge in [0.2, 0.25) is 0 Å². The second-order valence-electron chi connectivity index (χ2n) is 3.80. The van der Waals surface area contributed by atoms with Crippen molar-refractivity contribution in [2.24, 2.45) is 5.92 Å². The van der Waals surface area contributed by atoms with Crippen molar-refractivity contribution >= 4 is 5.78 Å². The first-order chi connectivity index (χ1) is 6.97. The summed E-state index contributed by atoms with van der Waals surface area (Å²) in [5.41, 5.74) is 0. The van der Waals surface area contributed by atoms with Crippen LogP contribution in [0.3, 0.4) is 0 Å². The van der Waals surface area contributed by atoms with Crippen LogP contribution >= 0.6 is 0 Å². The first kappa shape index (κ1) is 12.1. The number of aliphatic hydroxyl groups excluding tert-OH is 1. The van der Waals surface area contributed by atoms with Gasteiger partial charge in [-0.2, -0.15) is 0 Å². The summed E-state index contributed by atoms with van der Waals surface area (Å²) in [5.74, 6) is -1.86. The molecule has 0 fully saturated rings. The fraction of sp³-hybridized carbons (Fsp3) is 0.545. The van der Waals surface area contributed by atoms with Crippen molar-refractivity contribution < 1.29 is 19.7 Å².